The normalized spacial score (nSPS) is 15.3. The number of aromatic nitrogens is 1. The molecule has 44 heavy (non-hydrogen) atoms. The van der Waals surface area contributed by atoms with Gasteiger partial charge >= 0.3 is 12.1 Å². The molecule has 0 aliphatic carbocycles. The third-order valence-electron chi connectivity index (χ3n) is 5.62. The van der Waals surface area contributed by atoms with Crippen LogP contribution in [-0.4, -0.2) is 59.0 Å². The Morgan fingerprint density at radius 2 is 1.82 bits per heavy atom. The van der Waals surface area contributed by atoms with Crippen molar-refractivity contribution in [2.45, 2.75) is 37.2 Å². The van der Waals surface area contributed by atoms with Crippen molar-refractivity contribution in [2.24, 2.45) is 10.7 Å². The van der Waals surface area contributed by atoms with Crippen LogP contribution in [0.4, 0.5) is 18.9 Å². The first-order valence-electron chi connectivity index (χ1n) is 12.8. The molecule has 2 amide bonds. The highest BCUT2D eigenvalue weighted by Gasteiger charge is 2.38. The van der Waals surface area contributed by atoms with Crippen molar-refractivity contribution in [2.75, 3.05) is 18.3 Å². The summed E-state index contributed by atoms with van der Waals surface area (Å²) in [4.78, 5) is 43.5. The number of alkyl halides is 3. The van der Waals surface area contributed by atoms with E-state index < -0.39 is 30.0 Å². The van der Waals surface area contributed by atoms with Crippen molar-refractivity contribution < 1.29 is 42.1 Å². The molecule has 6 N–H and O–H groups in total. The van der Waals surface area contributed by atoms with Crippen LogP contribution in [0.1, 0.15) is 41.4 Å². The minimum absolute atomic E-state index is 0.0330. The largest absolute Gasteiger partial charge is 0.490 e. The number of carboxylic acid groups (broad SMARTS) is 1. The number of anilines is 1. The van der Waals surface area contributed by atoms with Gasteiger partial charge in [0.25, 0.3) is 11.8 Å². The number of aliphatic carboxylic acids is 1. The van der Waals surface area contributed by atoms with Crippen molar-refractivity contribution in [1.29, 1.82) is 0 Å². The topological polar surface area (TPSA) is 177 Å². The Balaban J connectivity index is 0.000000676. The van der Waals surface area contributed by atoms with Gasteiger partial charge in [-0.25, -0.2) is 14.8 Å². The summed E-state index contributed by atoms with van der Waals surface area (Å²) in [6.45, 7) is 3.78. The molecule has 0 spiro atoms. The van der Waals surface area contributed by atoms with Crippen LogP contribution >= 0.6 is 11.8 Å². The van der Waals surface area contributed by atoms with Gasteiger partial charge in [0, 0.05) is 17.4 Å². The van der Waals surface area contributed by atoms with E-state index in [1.54, 1.807) is 60.8 Å². The van der Waals surface area contributed by atoms with Crippen molar-refractivity contribution in [3.8, 4) is 11.5 Å². The zero-order valence-corrected chi connectivity index (χ0v) is 24.5. The monoisotopic (exact) mass is 634 g/mol. The molecule has 3 heterocycles. The van der Waals surface area contributed by atoms with Gasteiger partial charge in [-0.05, 0) is 74.2 Å². The number of amides is 2. The fraction of sp³-hybridized carbons (Fsp3) is 0.250. The zero-order chi connectivity index (χ0) is 32.4. The Hall–Kier alpha value is -4.99. The van der Waals surface area contributed by atoms with E-state index in [0.717, 1.165) is 0 Å². The molecule has 2 aliphatic heterocycles. The summed E-state index contributed by atoms with van der Waals surface area (Å²) >= 11 is 1.34. The molecule has 234 valence electrons. The summed E-state index contributed by atoms with van der Waals surface area (Å²) in [5.41, 5.74) is 13.5. The summed E-state index contributed by atoms with van der Waals surface area (Å²) < 4.78 is 43.5. The van der Waals surface area contributed by atoms with Gasteiger partial charge < -0.3 is 25.6 Å². The Morgan fingerprint density at radius 3 is 2.43 bits per heavy atom. The lowest BCUT2D eigenvalue weighted by Crippen LogP contribution is -2.45. The second-order valence-corrected chi connectivity index (χ2v) is 9.95. The molecule has 4 bridgehead atoms. The number of halogens is 3. The molecule has 12 nitrogen and oxygen atoms in total. The molecular weight excluding hydrogens is 605 g/mol. The third kappa shape index (κ3) is 9.26. The summed E-state index contributed by atoms with van der Waals surface area (Å²) in [5, 5.41) is 10.9. The summed E-state index contributed by atoms with van der Waals surface area (Å²) in [7, 11) is 0. The first-order valence-corrected chi connectivity index (χ1v) is 14.0. The number of carboxylic acids is 1. The highest BCUT2D eigenvalue weighted by Crippen LogP contribution is 2.33. The van der Waals surface area contributed by atoms with Gasteiger partial charge in [-0.2, -0.15) is 13.2 Å². The van der Waals surface area contributed by atoms with Gasteiger partial charge in [0.05, 0.1) is 11.7 Å². The minimum atomic E-state index is -5.08. The van der Waals surface area contributed by atoms with Crippen LogP contribution in [0.15, 0.2) is 70.8 Å². The molecule has 1 unspecified atom stereocenters. The van der Waals surface area contributed by atoms with E-state index in [1.807, 2.05) is 20.1 Å². The van der Waals surface area contributed by atoms with Crippen LogP contribution in [0.3, 0.4) is 0 Å². The lowest BCUT2D eigenvalue weighted by atomic mass is 10.0. The SMILES string of the molecule is CSc1ncccc1C(=O)NNC(=O)C1Nc2ccc(cc2)/C(N)=N\COc2cc1ccc2OC(C)C.O=C(O)C(F)(F)F. The van der Waals surface area contributed by atoms with E-state index in [4.69, 9.17) is 25.1 Å². The molecular formula is C28H29F3N6O6S. The van der Waals surface area contributed by atoms with E-state index in [-0.39, 0.29) is 12.8 Å². The number of nitrogens with two attached hydrogens (primary N) is 1. The van der Waals surface area contributed by atoms with Gasteiger partial charge in [0.1, 0.15) is 16.9 Å². The van der Waals surface area contributed by atoms with Crippen LogP contribution in [-0.2, 0) is 9.59 Å². The number of benzene rings is 2. The number of ether oxygens (including phenoxy) is 2. The van der Waals surface area contributed by atoms with Crippen molar-refractivity contribution in [1.82, 2.24) is 15.8 Å². The van der Waals surface area contributed by atoms with Crippen LogP contribution in [0, 0.1) is 0 Å². The molecule has 2 aromatic carbocycles. The fourth-order valence-electron chi connectivity index (χ4n) is 3.62. The Morgan fingerprint density at radius 1 is 1.14 bits per heavy atom. The number of carbonyl (C=O) groups is 3. The minimum Gasteiger partial charge on any atom is -0.487 e. The number of hydrogen-bond donors (Lipinski definition) is 5. The number of thioether (sulfide) groups is 1. The van der Waals surface area contributed by atoms with E-state index in [1.165, 1.54) is 11.8 Å². The maximum Gasteiger partial charge on any atom is 0.490 e. The van der Waals surface area contributed by atoms with Crippen molar-refractivity contribution in [3.05, 3.63) is 77.5 Å². The number of fused-ring (bicyclic) bond motifs is 5. The zero-order valence-electron chi connectivity index (χ0n) is 23.6. The number of amidine groups is 1. The summed E-state index contributed by atoms with van der Waals surface area (Å²) in [5.74, 6) is -2.47. The number of nitrogens with zero attached hydrogens (tertiary/aromatic N) is 2. The molecule has 0 saturated carbocycles. The maximum absolute atomic E-state index is 13.4. The number of hydrazine groups is 1. The van der Waals surface area contributed by atoms with E-state index in [2.05, 4.69) is 26.1 Å². The number of rotatable bonds is 5. The molecule has 16 heteroatoms. The molecule has 1 aromatic heterocycles. The number of pyridine rings is 1. The average molecular weight is 635 g/mol. The second-order valence-electron chi connectivity index (χ2n) is 9.15. The quantitative estimate of drug-likeness (QED) is 0.204. The standard InChI is InChI=1S/C26H28N6O4S.C2HF3O2/c1-15(2)36-20-11-8-17-13-21(20)35-14-29-23(27)16-6-9-18(10-7-16)30-22(17)25(34)32-31-24(33)19-5-4-12-28-26(19)37-3;3-2(4,5)1(6)7/h4-13,15,22,30H,14H2,1-3H3,(H2,27,29)(H,31,33)(H,32,34);(H,6,7). The first kappa shape index (κ1) is 33.5. The molecule has 5 rings (SSSR count). The smallest absolute Gasteiger partial charge is 0.487 e. The van der Waals surface area contributed by atoms with Gasteiger partial charge in [-0.15, -0.1) is 11.8 Å². The average Bonchev–Trinajstić information content (AvgIpc) is 3.00. The van der Waals surface area contributed by atoms with Crippen molar-refractivity contribution in [3.63, 3.8) is 0 Å². The molecule has 0 fully saturated rings. The van der Waals surface area contributed by atoms with E-state index in [9.17, 15) is 22.8 Å². The highest BCUT2D eigenvalue weighted by molar-refractivity contribution is 7.98. The first-order chi connectivity index (χ1) is 20.8. The fourth-order valence-corrected chi connectivity index (χ4v) is 4.17. The van der Waals surface area contributed by atoms with Crippen LogP contribution < -0.4 is 31.4 Å². The molecule has 0 radical (unpaired) electrons. The number of carbonyl (C=O) groups excluding carboxylic acids is 2. The van der Waals surface area contributed by atoms with Gasteiger partial charge in [0.2, 0.25) is 0 Å². The van der Waals surface area contributed by atoms with Gasteiger partial charge in [-0.3, -0.25) is 20.4 Å². The Labute approximate surface area is 254 Å². The molecule has 1 atom stereocenters. The number of nitrogens with one attached hydrogen (secondary N) is 3. The number of aliphatic imine (C=N–C) groups is 1. The molecule has 3 aromatic rings. The van der Waals surface area contributed by atoms with Crippen LogP contribution in [0.5, 0.6) is 11.5 Å². The maximum atomic E-state index is 13.4. The summed E-state index contributed by atoms with van der Waals surface area (Å²) in [6, 6.07) is 14.8. The molecule has 0 saturated heterocycles. The molecule has 2 aliphatic rings. The van der Waals surface area contributed by atoms with Crippen molar-refractivity contribution >= 4 is 41.1 Å². The predicted molar refractivity (Wildman–Crippen MR) is 157 cm³/mol. The van der Waals surface area contributed by atoms with E-state index >= 15 is 0 Å². The van der Waals surface area contributed by atoms with Crippen LogP contribution in [0.2, 0.25) is 0 Å². The van der Waals surface area contributed by atoms with E-state index in [0.29, 0.717) is 44.7 Å². The lowest BCUT2D eigenvalue weighted by molar-refractivity contribution is -0.192. The van der Waals surface area contributed by atoms with Gasteiger partial charge in [-0.1, -0.05) is 6.07 Å². The number of hydrogen-bond acceptors (Lipinski definition) is 10. The van der Waals surface area contributed by atoms with Crippen LogP contribution in [0.25, 0.3) is 0 Å². The second kappa shape index (κ2) is 15.0. The summed E-state index contributed by atoms with van der Waals surface area (Å²) in [6.07, 6.45) is -1.75. The third-order valence-corrected chi connectivity index (χ3v) is 6.34. The lowest BCUT2D eigenvalue weighted by Gasteiger charge is -2.22. The Kier molecular flexibility index (Phi) is 11.4. The van der Waals surface area contributed by atoms with Gasteiger partial charge in [0.15, 0.2) is 18.2 Å². The highest BCUT2D eigenvalue weighted by atomic mass is 32.2. The Bertz CT molecular complexity index is 1520. The predicted octanol–water partition coefficient (Wildman–Crippen LogP) is 3.89.